The van der Waals surface area contributed by atoms with Crippen LogP contribution in [-0.2, 0) is 4.79 Å². The van der Waals surface area contributed by atoms with Gasteiger partial charge in [-0.2, -0.15) is 0 Å². The number of nitrogens with two attached hydrogens (primary N) is 1. The quantitative estimate of drug-likeness (QED) is 0.744. The molecule has 0 aromatic carbocycles. The highest BCUT2D eigenvalue weighted by Crippen LogP contribution is 2.12. The van der Waals surface area contributed by atoms with Crippen LogP contribution < -0.4 is 11.1 Å². The highest BCUT2D eigenvalue weighted by atomic mass is 16.2. The first-order chi connectivity index (χ1) is 7.54. The van der Waals surface area contributed by atoms with Crippen LogP contribution in [-0.4, -0.2) is 42.0 Å². The standard InChI is InChI=1S/C12H25N3O/c1-4-11(13)12(16)14-10-5-7-15(8-6-10)9(2)3/h9-11H,4-8,13H2,1-3H3,(H,14,16)/t11-/m1/s1. The van der Waals surface area contributed by atoms with E-state index in [9.17, 15) is 4.79 Å². The van der Waals surface area contributed by atoms with Crippen molar-refractivity contribution in [2.24, 2.45) is 5.73 Å². The van der Waals surface area contributed by atoms with Crippen molar-refractivity contribution in [3.05, 3.63) is 0 Å². The van der Waals surface area contributed by atoms with Gasteiger partial charge in [-0.1, -0.05) is 6.92 Å². The van der Waals surface area contributed by atoms with Crippen LogP contribution in [0.2, 0.25) is 0 Å². The molecule has 1 aliphatic rings. The number of carbonyl (C=O) groups excluding carboxylic acids is 1. The molecule has 0 aliphatic carbocycles. The molecule has 1 heterocycles. The summed E-state index contributed by atoms with van der Waals surface area (Å²) in [5, 5.41) is 3.04. The van der Waals surface area contributed by atoms with Crippen molar-refractivity contribution in [1.29, 1.82) is 0 Å². The van der Waals surface area contributed by atoms with Gasteiger partial charge in [0.2, 0.25) is 5.91 Å². The fourth-order valence-corrected chi connectivity index (χ4v) is 2.05. The number of nitrogens with one attached hydrogen (secondary N) is 1. The summed E-state index contributed by atoms with van der Waals surface area (Å²) in [5.74, 6) is 0.00509. The molecule has 0 bridgehead atoms. The van der Waals surface area contributed by atoms with E-state index in [0.29, 0.717) is 18.5 Å². The first-order valence-corrected chi connectivity index (χ1v) is 6.34. The minimum atomic E-state index is -0.344. The average Bonchev–Trinajstić information content (AvgIpc) is 2.28. The fourth-order valence-electron chi connectivity index (χ4n) is 2.05. The highest BCUT2D eigenvalue weighted by Gasteiger charge is 2.23. The zero-order chi connectivity index (χ0) is 12.1. The second-order valence-corrected chi connectivity index (χ2v) is 4.93. The molecule has 0 spiro atoms. The van der Waals surface area contributed by atoms with Crippen LogP contribution in [0.25, 0.3) is 0 Å². The molecule has 1 saturated heterocycles. The molecule has 0 unspecified atom stereocenters. The molecule has 1 fully saturated rings. The average molecular weight is 227 g/mol. The lowest BCUT2D eigenvalue weighted by Crippen LogP contribution is -2.50. The normalized spacial score (nSPS) is 21.1. The summed E-state index contributed by atoms with van der Waals surface area (Å²) in [4.78, 5) is 14.1. The maximum Gasteiger partial charge on any atom is 0.237 e. The van der Waals surface area contributed by atoms with E-state index < -0.39 is 0 Å². The number of nitrogens with zero attached hydrogens (tertiary/aromatic N) is 1. The Morgan fingerprint density at radius 1 is 1.44 bits per heavy atom. The van der Waals surface area contributed by atoms with Gasteiger partial charge < -0.3 is 16.0 Å². The second-order valence-electron chi connectivity index (χ2n) is 4.93. The van der Waals surface area contributed by atoms with Crippen LogP contribution in [0.5, 0.6) is 0 Å². The van der Waals surface area contributed by atoms with Crippen LogP contribution in [0.15, 0.2) is 0 Å². The highest BCUT2D eigenvalue weighted by molar-refractivity contribution is 5.81. The zero-order valence-corrected chi connectivity index (χ0v) is 10.7. The van der Waals surface area contributed by atoms with E-state index in [4.69, 9.17) is 5.73 Å². The van der Waals surface area contributed by atoms with E-state index in [1.807, 2.05) is 6.92 Å². The smallest absolute Gasteiger partial charge is 0.237 e. The minimum Gasteiger partial charge on any atom is -0.352 e. The molecule has 0 saturated carbocycles. The zero-order valence-electron chi connectivity index (χ0n) is 10.7. The molecule has 3 N–H and O–H groups in total. The van der Waals surface area contributed by atoms with Gasteiger partial charge in [-0.3, -0.25) is 4.79 Å². The lowest BCUT2D eigenvalue weighted by Gasteiger charge is -2.35. The molecule has 16 heavy (non-hydrogen) atoms. The van der Waals surface area contributed by atoms with Gasteiger partial charge in [-0.25, -0.2) is 0 Å². The number of hydrogen-bond acceptors (Lipinski definition) is 3. The van der Waals surface area contributed by atoms with Crippen LogP contribution >= 0.6 is 0 Å². The van der Waals surface area contributed by atoms with Gasteiger partial charge >= 0.3 is 0 Å². The molecule has 1 amide bonds. The van der Waals surface area contributed by atoms with Gasteiger partial charge in [-0.05, 0) is 33.1 Å². The second kappa shape index (κ2) is 6.21. The number of hydrogen-bond donors (Lipinski definition) is 2. The Balaban J connectivity index is 2.29. The number of amides is 1. The summed E-state index contributed by atoms with van der Waals surface area (Å²) in [6.45, 7) is 8.51. The number of piperidine rings is 1. The Bertz CT molecular complexity index is 222. The fraction of sp³-hybridized carbons (Fsp3) is 0.917. The summed E-state index contributed by atoms with van der Waals surface area (Å²) in [6, 6.07) is 0.581. The van der Waals surface area contributed by atoms with Gasteiger partial charge in [-0.15, -0.1) is 0 Å². The Kier molecular flexibility index (Phi) is 5.22. The van der Waals surface area contributed by atoms with Crippen molar-refractivity contribution in [3.63, 3.8) is 0 Å². The molecule has 1 aliphatic heterocycles. The van der Waals surface area contributed by atoms with Crippen molar-refractivity contribution in [1.82, 2.24) is 10.2 Å². The van der Waals surface area contributed by atoms with Gasteiger partial charge in [0.1, 0.15) is 0 Å². The van der Waals surface area contributed by atoms with E-state index in [0.717, 1.165) is 25.9 Å². The molecule has 1 atom stereocenters. The van der Waals surface area contributed by atoms with Crippen LogP contribution in [0.1, 0.15) is 40.0 Å². The van der Waals surface area contributed by atoms with E-state index >= 15 is 0 Å². The molecule has 94 valence electrons. The molecule has 0 radical (unpaired) electrons. The van der Waals surface area contributed by atoms with Crippen LogP contribution in [0, 0.1) is 0 Å². The first-order valence-electron chi connectivity index (χ1n) is 6.34. The Labute approximate surface area is 98.6 Å². The van der Waals surface area contributed by atoms with E-state index in [1.54, 1.807) is 0 Å². The lowest BCUT2D eigenvalue weighted by atomic mass is 10.0. The maximum atomic E-state index is 11.6. The Morgan fingerprint density at radius 3 is 2.44 bits per heavy atom. The van der Waals surface area contributed by atoms with Gasteiger partial charge in [0.25, 0.3) is 0 Å². The monoisotopic (exact) mass is 227 g/mol. The van der Waals surface area contributed by atoms with E-state index in [2.05, 4.69) is 24.1 Å². The molecule has 1 rings (SSSR count). The number of rotatable bonds is 4. The Hall–Kier alpha value is -0.610. The van der Waals surface area contributed by atoms with Crippen LogP contribution in [0.4, 0.5) is 0 Å². The van der Waals surface area contributed by atoms with E-state index in [1.165, 1.54) is 0 Å². The molecule has 0 aromatic rings. The van der Waals surface area contributed by atoms with Crippen LogP contribution in [0.3, 0.4) is 0 Å². The molecule has 4 nitrogen and oxygen atoms in total. The SMILES string of the molecule is CC[C@@H](N)C(=O)NC1CCN(C(C)C)CC1. The maximum absolute atomic E-state index is 11.6. The van der Waals surface area contributed by atoms with Gasteiger partial charge in [0, 0.05) is 25.2 Å². The van der Waals surface area contributed by atoms with Crippen molar-refractivity contribution >= 4 is 5.91 Å². The third kappa shape index (κ3) is 3.76. The summed E-state index contributed by atoms with van der Waals surface area (Å²) < 4.78 is 0. The van der Waals surface area contributed by atoms with Crippen molar-refractivity contribution in [2.75, 3.05) is 13.1 Å². The van der Waals surface area contributed by atoms with Gasteiger partial charge in [0.15, 0.2) is 0 Å². The van der Waals surface area contributed by atoms with Gasteiger partial charge in [0.05, 0.1) is 6.04 Å². The topological polar surface area (TPSA) is 58.4 Å². The van der Waals surface area contributed by atoms with Crippen molar-refractivity contribution in [3.8, 4) is 0 Å². The summed E-state index contributed by atoms with van der Waals surface area (Å²) in [5.41, 5.74) is 5.69. The molecular formula is C12H25N3O. The van der Waals surface area contributed by atoms with Crippen molar-refractivity contribution < 1.29 is 4.79 Å². The van der Waals surface area contributed by atoms with Crippen molar-refractivity contribution in [2.45, 2.75) is 58.2 Å². The first kappa shape index (κ1) is 13.5. The lowest BCUT2D eigenvalue weighted by molar-refractivity contribution is -0.123. The number of carbonyl (C=O) groups is 1. The predicted molar refractivity (Wildman–Crippen MR) is 66.1 cm³/mol. The van der Waals surface area contributed by atoms with E-state index in [-0.39, 0.29) is 11.9 Å². The Morgan fingerprint density at radius 2 is 2.00 bits per heavy atom. The third-order valence-corrected chi connectivity index (χ3v) is 3.38. The third-order valence-electron chi connectivity index (χ3n) is 3.38. The summed E-state index contributed by atoms with van der Waals surface area (Å²) in [6.07, 6.45) is 2.79. The molecule has 4 heteroatoms. The summed E-state index contributed by atoms with van der Waals surface area (Å²) in [7, 11) is 0. The summed E-state index contributed by atoms with van der Waals surface area (Å²) >= 11 is 0. The molecule has 0 aromatic heterocycles. The largest absolute Gasteiger partial charge is 0.352 e. The number of likely N-dealkylation sites (tertiary alicyclic amines) is 1. The minimum absolute atomic E-state index is 0.00509. The predicted octanol–water partition coefficient (Wildman–Crippen LogP) is 0.713. The molecular weight excluding hydrogens is 202 g/mol.